The maximum absolute atomic E-state index is 13.2. The van der Waals surface area contributed by atoms with E-state index in [4.69, 9.17) is 0 Å². The summed E-state index contributed by atoms with van der Waals surface area (Å²) in [6, 6.07) is 26.1. The largest absolute Gasteiger partial charge is 0.319 e. The zero-order valence-corrected chi connectivity index (χ0v) is 16.5. The van der Waals surface area contributed by atoms with E-state index in [0.29, 0.717) is 16.5 Å². The number of pyridine rings is 1. The Bertz CT molecular complexity index is 1480. The van der Waals surface area contributed by atoms with Gasteiger partial charge in [-0.25, -0.2) is 4.68 Å². The molecule has 1 amide bonds. The summed E-state index contributed by atoms with van der Waals surface area (Å²) in [4.78, 5) is 30.5. The third-order valence-corrected chi connectivity index (χ3v) is 5.11. The average Bonchev–Trinajstić information content (AvgIpc) is 2.81. The van der Waals surface area contributed by atoms with E-state index < -0.39 is 5.91 Å². The molecule has 5 aromatic rings. The van der Waals surface area contributed by atoms with Gasteiger partial charge in [0.2, 0.25) is 0 Å². The van der Waals surface area contributed by atoms with Crippen LogP contribution in [0.1, 0.15) is 16.1 Å². The lowest BCUT2D eigenvalue weighted by Gasteiger charge is -2.12. The molecule has 0 fully saturated rings. The minimum atomic E-state index is -0.393. The molecule has 2 aromatic heterocycles. The zero-order valence-electron chi connectivity index (χ0n) is 16.5. The third-order valence-electron chi connectivity index (χ3n) is 5.11. The Kier molecular flexibility index (Phi) is 4.72. The first-order chi connectivity index (χ1) is 15.2. The number of hydrogen-bond acceptors (Lipinski definition) is 4. The highest BCUT2D eigenvalue weighted by atomic mass is 16.2. The molecule has 5 rings (SSSR count). The van der Waals surface area contributed by atoms with Crippen molar-refractivity contribution in [3.63, 3.8) is 0 Å². The number of nitrogens with zero attached hydrogens (tertiary/aromatic N) is 3. The molecule has 0 aliphatic heterocycles. The number of amides is 1. The summed E-state index contributed by atoms with van der Waals surface area (Å²) in [6.07, 6.45) is 1.61. The molecule has 6 nitrogen and oxygen atoms in total. The predicted octanol–water partition coefficient (Wildman–Crippen LogP) is 4.25. The highest BCUT2D eigenvalue weighted by Gasteiger charge is 2.17. The van der Waals surface area contributed by atoms with Gasteiger partial charge in [0.15, 0.2) is 5.69 Å². The number of nitrogens with one attached hydrogen (secondary N) is 1. The molecule has 0 atom stereocenters. The zero-order chi connectivity index (χ0) is 21.2. The van der Waals surface area contributed by atoms with Crippen LogP contribution in [-0.4, -0.2) is 20.7 Å². The number of carbonyl (C=O) groups excluding carboxylic acids is 1. The van der Waals surface area contributed by atoms with E-state index in [9.17, 15) is 9.59 Å². The first-order valence-electron chi connectivity index (χ1n) is 9.89. The highest BCUT2D eigenvalue weighted by Crippen LogP contribution is 2.19. The van der Waals surface area contributed by atoms with Crippen LogP contribution in [0.2, 0.25) is 0 Å². The SMILES string of the molecule is O=C(Nc1cnc2ccccc2c1)c1nn(Cc2ccccc2)c(=O)c2ccccc12. The van der Waals surface area contributed by atoms with E-state index >= 15 is 0 Å². The molecule has 3 aromatic carbocycles. The molecule has 6 heteroatoms. The topological polar surface area (TPSA) is 76.9 Å². The molecule has 0 aliphatic carbocycles. The summed E-state index contributed by atoms with van der Waals surface area (Å²) in [7, 11) is 0. The standard InChI is InChI=1S/C25H18N4O2/c30-24(27-19-14-18-10-4-7-13-22(18)26-15-19)23-20-11-5-6-12-21(20)25(31)29(28-23)16-17-8-2-1-3-9-17/h1-15H,16H2,(H,27,30). The summed E-state index contributed by atoms with van der Waals surface area (Å²) < 4.78 is 1.34. The molecular weight excluding hydrogens is 388 g/mol. The number of para-hydroxylation sites is 1. The Morgan fingerprint density at radius 1 is 0.871 bits per heavy atom. The molecule has 150 valence electrons. The summed E-state index contributed by atoms with van der Waals surface area (Å²) in [5.74, 6) is -0.393. The fourth-order valence-corrected chi connectivity index (χ4v) is 3.60. The van der Waals surface area contributed by atoms with Crippen molar-refractivity contribution in [2.24, 2.45) is 0 Å². The second kappa shape index (κ2) is 7.84. The van der Waals surface area contributed by atoms with Crippen molar-refractivity contribution in [2.45, 2.75) is 6.54 Å². The Labute approximate surface area is 177 Å². The normalized spacial score (nSPS) is 11.0. The van der Waals surface area contributed by atoms with Crippen LogP contribution in [0, 0.1) is 0 Å². The van der Waals surface area contributed by atoms with Gasteiger partial charge in [0.1, 0.15) is 0 Å². The fraction of sp³-hybridized carbons (Fsp3) is 0.0400. The van der Waals surface area contributed by atoms with Crippen molar-refractivity contribution in [1.29, 1.82) is 0 Å². The molecule has 1 N–H and O–H groups in total. The molecule has 31 heavy (non-hydrogen) atoms. The van der Waals surface area contributed by atoms with Crippen LogP contribution in [0.25, 0.3) is 21.7 Å². The second-order valence-electron chi connectivity index (χ2n) is 7.21. The maximum Gasteiger partial charge on any atom is 0.276 e. The van der Waals surface area contributed by atoms with Crippen molar-refractivity contribution in [1.82, 2.24) is 14.8 Å². The lowest BCUT2D eigenvalue weighted by Crippen LogP contribution is -2.28. The van der Waals surface area contributed by atoms with E-state index in [1.54, 1.807) is 30.5 Å². The highest BCUT2D eigenvalue weighted by molar-refractivity contribution is 6.11. The summed E-state index contributed by atoms with van der Waals surface area (Å²) in [5, 5.41) is 9.19. The number of anilines is 1. The molecule has 0 saturated heterocycles. The Morgan fingerprint density at radius 3 is 2.42 bits per heavy atom. The lowest BCUT2D eigenvalue weighted by molar-refractivity contribution is 0.102. The van der Waals surface area contributed by atoms with Crippen LogP contribution in [0.4, 0.5) is 5.69 Å². The minimum absolute atomic E-state index is 0.194. The molecule has 0 bridgehead atoms. The summed E-state index contributed by atoms with van der Waals surface area (Å²) >= 11 is 0. The van der Waals surface area contributed by atoms with Crippen molar-refractivity contribution < 1.29 is 4.79 Å². The van der Waals surface area contributed by atoms with Gasteiger partial charge in [0.25, 0.3) is 11.5 Å². The van der Waals surface area contributed by atoms with Gasteiger partial charge in [-0.05, 0) is 23.8 Å². The van der Waals surface area contributed by atoms with Crippen LogP contribution < -0.4 is 10.9 Å². The van der Waals surface area contributed by atoms with E-state index in [-0.39, 0.29) is 17.8 Å². The number of carbonyl (C=O) groups is 1. The van der Waals surface area contributed by atoms with Gasteiger partial charge < -0.3 is 5.32 Å². The van der Waals surface area contributed by atoms with E-state index in [0.717, 1.165) is 16.5 Å². The quantitative estimate of drug-likeness (QED) is 0.484. The third kappa shape index (κ3) is 3.67. The van der Waals surface area contributed by atoms with Gasteiger partial charge in [-0.3, -0.25) is 14.6 Å². The van der Waals surface area contributed by atoms with Crippen molar-refractivity contribution >= 4 is 33.3 Å². The van der Waals surface area contributed by atoms with Crippen LogP contribution in [0.5, 0.6) is 0 Å². The molecule has 0 spiro atoms. The van der Waals surface area contributed by atoms with Crippen molar-refractivity contribution in [3.8, 4) is 0 Å². The van der Waals surface area contributed by atoms with E-state index in [1.807, 2.05) is 60.7 Å². The fourth-order valence-electron chi connectivity index (χ4n) is 3.60. The molecular formula is C25H18N4O2. The number of hydrogen-bond donors (Lipinski definition) is 1. The second-order valence-corrected chi connectivity index (χ2v) is 7.21. The lowest BCUT2D eigenvalue weighted by atomic mass is 10.1. The number of benzene rings is 3. The smallest absolute Gasteiger partial charge is 0.276 e. The molecule has 0 unspecified atom stereocenters. The Balaban J connectivity index is 1.56. The molecule has 2 heterocycles. The first-order valence-corrected chi connectivity index (χ1v) is 9.89. The van der Waals surface area contributed by atoms with Crippen LogP contribution in [0.3, 0.4) is 0 Å². The summed E-state index contributed by atoms with van der Waals surface area (Å²) in [6.45, 7) is 0.280. The minimum Gasteiger partial charge on any atom is -0.319 e. The van der Waals surface area contributed by atoms with E-state index in [1.165, 1.54) is 4.68 Å². The molecule has 0 radical (unpaired) electrons. The predicted molar refractivity (Wildman–Crippen MR) is 121 cm³/mol. The maximum atomic E-state index is 13.2. The van der Waals surface area contributed by atoms with Gasteiger partial charge in [-0.2, -0.15) is 5.10 Å². The van der Waals surface area contributed by atoms with Gasteiger partial charge in [0.05, 0.1) is 29.3 Å². The van der Waals surface area contributed by atoms with Gasteiger partial charge in [-0.15, -0.1) is 0 Å². The van der Waals surface area contributed by atoms with Crippen molar-refractivity contribution in [2.75, 3.05) is 5.32 Å². The molecule has 0 aliphatic rings. The van der Waals surface area contributed by atoms with E-state index in [2.05, 4.69) is 15.4 Å². The van der Waals surface area contributed by atoms with Crippen LogP contribution in [-0.2, 0) is 6.54 Å². The molecule has 0 saturated carbocycles. The monoisotopic (exact) mass is 406 g/mol. The van der Waals surface area contributed by atoms with Gasteiger partial charge >= 0.3 is 0 Å². The average molecular weight is 406 g/mol. The Hall–Kier alpha value is -4.32. The number of aromatic nitrogens is 3. The van der Waals surface area contributed by atoms with Crippen LogP contribution in [0.15, 0.2) is 95.9 Å². The Morgan fingerprint density at radius 2 is 1.58 bits per heavy atom. The first kappa shape index (κ1) is 18.7. The summed E-state index contributed by atoms with van der Waals surface area (Å²) in [5.41, 5.74) is 2.30. The number of rotatable bonds is 4. The van der Waals surface area contributed by atoms with Gasteiger partial charge in [0, 0.05) is 10.8 Å². The van der Waals surface area contributed by atoms with Gasteiger partial charge in [-0.1, -0.05) is 66.7 Å². The van der Waals surface area contributed by atoms with Crippen molar-refractivity contribution in [3.05, 3.63) is 113 Å². The van der Waals surface area contributed by atoms with Crippen LogP contribution >= 0.6 is 0 Å². The number of fused-ring (bicyclic) bond motifs is 2.